The number of pyridine rings is 1. The summed E-state index contributed by atoms with van der Waals surface area (Å²) in [5.74, 6) is 1.80. The Hall–Kier alpha value is -1.84. The minimum atomic E-state index is 0.718. The van der Waals surface area contributed by atoms with E-state index in [1.807, 2.05) is 18.3 Å². The standard InChI is InChI=1S/C12H13N3O/c1-3-10(13-5-1)9-15-7-8-16-11-4-2-6-14-12(11)15/h2-6H,1,7-9H2. The first-order chi connectivity index (χ1) is 7.93. The average Bonchev–Trinajstić information content (AvgIpc) is 2.82. The molecule has 1 aromatic heterocycles. The zero-order chi connectivity index (χ0) is 10.8. The van der Waals surface area contributed by atoms with Gasteiger partial charge >= 0.3 is 0 Å². The lowest BCUT2D eigenvalue weighted by molar-refractivity contribution is 0.306. The average molecular weight is 215 g/mol. The van der Waals surface area contributed by atoms with Crippen LogP contribution in [-0.2, 0) is 0 Å². The summed E-state index contributed by atoms with van der Waals surface area (Å²) in [5, 5.41) is 0. The number of aromatic nitrogens is 1. The van der Waals surface area contributed by atoms with Gasteiger partial charge in [0.2, 0.25) is 0 Å². The molecule has 2 aliphatic rings. The Morgan fingerprint density at radius 2 is 2.44 bits per heavy atom. The number of ether oxygens (including phenoxy) is 1. The van der Waals surface area contributed by atoms with Crippen molar-refractivity contribution in [3.63, 3.8) is 0 Å². The topological polar surface area (TPSA) is 37.7 Å². The summed E-state index contributed by atoms with van der Waals surface area (Å²) in [6.07, 6.45) is 6.84. The van der Waals surface area contributed by atoms with Crippen LogP contribution in [-0.4, -0.2) is 30.9 Å². The van der Waals surface area contributed by atoms with Gasteiger partial charge in [-0.2, -0.15) is 0 Å². The van der Waals surface area contributed by atoms with Gasteiger partial charge in [0.15, 0.2) is 11.6 Å². The van der Waals surface area contributed by atoms with E-state index >= 15 is 0 Å². The normalized spacial score (nSPS) is 18.0. The molecule has 0 saturated carbocycles. The molecule has 2 aliphatic heterocycles. The van der Waals surface area contributed by atoms with Crippen LogP contribution in [0.5, 0.6) is 5.75 Å². The van der Waals surface area contributed by atoms with Crippen molar-refractivity contribution in [2.75, 3.05) is 24.6 Å². The van der Waals surface area contributed by atoms with Crippen LogP contribution in [0, 0.1) is 0 Å². The van der Waals surface area contributed by atoms with E-state index in [-0.39, 0.29) is 0 Å². The molecule has 0 fully saturated rings. The highest BCUT2D eigenvalue weighted by atomic mass is 16.5. The van der Waals surface area contributed by atoms with Crippen molar-refractivity contribution >= 4 is 12.0 Å². The van der Waals surface area contributed by atoms with Gasteiger partial charge in [0, 0.05) is 18.8 Å². The summed E-state index contributed by atoms with van der Waals surface area (Å²) in [6.45, 7) is 2.41. The molecule has 0 atom stereocenters. The Balaban J connectivity index is 1.84. The Kier molecular flexibility index (Phi) is 2.33. The molecule has 0 radical (unpaired) electrons. The van der Waals surface area contributed by atoms with Crippen molar-refractivity contribution in [2.24, 2.45) is 4.99 Å². The van der Waals surface area contributed by atoms with Crippen LogP contribution in [0.1, 0.15) is 6.42 Å². The smallest absolute Gasteiger partial charge is 0.171 e. The van der Waals surface area contributed by atoms with E-state index < -0.39 is 0 Å². The molecule has 0 N–H and O–H groups in total. The first-order valence-electron chi connectivity index (χ1n) is 5.48. The number of fused-ring (bicyclic) bond motifs is 1. The predicted octanol–water partition coefficient (Wildman–Crippen LogP) is 1.64. The first-order valence-corrected chi connectivity index (χ1v) is 5.48. The van der Waals surface area contributed by atoms with Crippen LogP contribution in [0.2, 0.25) is 0 Å². The highest BCUT2D eigenvalue weighted by molar-refractivity contribution is 5.65. The van der Waals surface area contributed by atoms with Gasteiger partial charge in [0.05, 0.1) is 18.8 Å². The zero-order valence-corrected chi connectivity index (χ0v) is 8.97. The van der Waals surface area contributed by atoms with Gasteiger partial charge in [-0.05, 0) is 12.1 Å². The molecule has 4 heteroatoms. The molecule has 0 aliphatic carbocycles. The molecule has 82 valence electrons. The van der Waals surface area contributed by atoms with Gasteiger partial charge in [-0.15, -0.1) is 0 Å². The molecule has 0 bridgehead atoms. The maximum atomic E-state index is 5.56. The molecule has 4 nitrogen and oxygen atoms in total. The van der Waals surface area contributed by atoms with E-state index in [1.54, 1.807) is 6.20 Å². The van der Waals surface area contributed by atoms with Crippen LogP contribution in [0.25, 0.3) is 0 Å². The quantitative estimate of drug-likeness (QED) is 0.752. The summed E-state index contributed by atoms with van der Waals surface area (Å²) in [5.41, 5.74) is 1.12. The largest absolute Gasteiger partial charge is 0.488 e. The zero-order valence-electron chi connectivity index (χ0n) is 8.97. The van der Waals surface area contributed by atoms with Gasteiger partial charge in [-0.1, -0.05) is 6.08 Å². The van der Waals surface area contributed by atoms with Gasteiger partial charge in [-0.3, -0.25) is 4.99 Å². The number of aliphatic imine (C=N–C) groups is 1. The van der Waals surface area contributed by atoms with Crippen molar-refractivity contribution in [2.45, 2.75) is 6.42 Å². The fourth-order valence-corrected chi connectivity index (χ4v) is 1.97. The van der Waals surface area contributed by atoms with E-state index in [0.717, 1.165) is 43.4 Å². The minimum absolute atomic E-state index is 0.718. The van der Waals surface area contributed by atoms with Crippen LogP contribution in [0.3, 0.4) is 0 Å². The van der Waals surface area contributed by atoms with E-state index in [1.165, 1.54) is 0 Å². The first kappa shape index (κ1) is 9.39. The van der Waals surface area contributed by atoms with E-state index in [4.69, 9.17) is 4.74 Å². The third kappa shape index (κ3) is 1.66. The Morgan fingerprint density at radius 3 is 3.31 bits per heavy atom. The molecule has 3 heterocycles. The lowest BCUT2D eigenvalue weighted by Gasteiger charge is -2.29. The summed E-state index contributed by atoms with van der Waals surface area (Å²) < 4.78 is 5.56. The molecule has 1 aromatic rings. The van der Waals surface area contributed by atoms with Crippen molar-refractivity contribution in [3.05, 3.63) is 30.1 Å². The number of anilines is 1. The fourth-order valence-electron chi connectivity index (χ4n) is 1.97. The number of hydrogen-bond acceptors (Lipinski definition) is 4. The number of rotatable bonds is 2. The number of allylic oxidation sites excluding steroid dienone is 1. The van der Waals surface area contributed by atoms with Crippen LogP contribution in [0.15, 0.2) is 35.1 Å². The van der Waals surface area contributed by atoms with Crippen molar-refractivity contribution in [1.29, 1.82) is 0 Å². The Bertz CT molecular complexity index is 453. The third-order valence-electron chi connectivity index (χ3n) is 2.74. The van der Waals surface area contributed by atoms with Gasteiger partial charge in [0.1, 0.15) is 6.61 Å². The van der Waals surface area contributed by atoms with E-state index in [9.17, 15) is 0 Å². The predicted molar refractivity (Wildman–Crippen MR) is 63.1 cm³/mol. The van der Waals surface area contributed by atoms with E-state index in [0.29, 0.717) is 0 Å². The van der Waals surface area contributed by atoms with E-state index in [2.05, 4.69) is 21.0 Å². The molecule has 0 spiro atoms. The monoisotopic (exact) mass is 215 g/mol. The number of nitrogens with zero attached hydrogens (tertiary/aromatic N) is 3. The summed E-state index contributed by atoms with van der Waals surface area (Å²) in [7, 11) is 0. The van der Waals surface area contributed by atoms with Gasteiger partial charge in [-0.25, -0.2) is 4.98 Å². The molecule has 0 aromatic carbocycles. The highest BCUT2D eigenvalue weighted by Gasteiger charge is 2.19. The molecule has 0 saturated heterocycles. The van der Waals surface area contributed by atoms with Crippen molar-refractivity contribution in [1.82, 2.24) is 4.98 Å². The minimum Gasteiger partial charge on any atom is -0.488 e. The Morgan fingerprint density at radius 1 is 1.44 bits per heavy atom. The fraction of sp³-hybridized carbons (Fsp3) is 0.333. The van der Waals surface area contributed by atoms with Crippen LogP contribution >= 0.6 is 0 Å². The second-order valence-electron chi connectivity index (χ2n) is 3.84. The lowest BCUT2D eigenvalue weighted by atomic mass is 10.3. The molecule has 16 heavy (non-hydrogen) atoms. The molecular weight excluding hydrogens is 202 g/mol. The molecule has 3 rings (SSSR count). The van der Waals surface area contributed by atoms with Crippen molar-refractivity contribution in [3.8, 4) is 5.75 Å². The summed E-state index contributed by atoms with van der Waals surface area (Å²) >= 11 is 0. The van der Waals surface area contributed by atoms with Gasteiger partial charge < -0.3 is 9.64 Å². The second kappa shape index (κ2) is 3.96. The third-order valence-corrected chi connectivity index (χ3v) is 2.74. The van der Waals surface area contributed by atoms with Crippen molar-refractivity contribution < 1.29 is 4.74 Å². The molecule has 0 unspecified atom stereocenters. The van der Waals surface area contributed by atoms with Crippen LogP contribution < -0.4 is 9.64 Å². The highest BCUT2D eigenvalue weighted by Crippen LogP contribution is 2.29. The second-order valence-corrected chi connectivity index (χ2v) is 3.84. The SMILES string of the molecule is C1=NC(CN2CCOc3cccnc32)=CC1. The van der Waals surface area contributed by atoms with Crippen LogP contribution in [0.4, 0.5) is 5.82 Å². The summed E-state index contributed by atoms with van der Waals surface area (Å²) in [4.78, 5) is 10.9. The Labute approximate surface area is 94.3 Å². The summed E-state index contributed by atoms with van der Waals surface area (Å²) in [6, 6.07) is 3.86. The molecular formula is C12H13N3O. The number of hydrogen-bond donors (Lipinski definition) is 0. The molecule has 0 amide bonds. The van der Waals surface area contributed by atoms with Gasteiger partial charge in [0.25, 0.3) is 0 Å². The lowest BCUT2D eigenvalue weighted by Crippen LogP contribution is -2.34. The maximum absolute atomic E-state index is 5.56. The maximum Gasteiger partial charge on any atom is 0.171 e.